The van der Waals surface area contributed by atoms with E-state index in [0.717, 1.165) is 33.8 Å². The van der Waals surface area contributed by atoms with Crippen LogP contribution in [0.5, 0.6) is 0 Å². The third-order valence-electron chi connectivity index (χ3n) is 6.16. The van der Waals surface area contributed by atoms with Crippen LogP contribution in [0.1, 0.15) is 30.9 Å². The van der Waals surface area contributed by atoms with Crippen LogP contribution in [-0.4, -0.2) is 50.5 Å². The van der Waals surface area contributed by atoms with Crippen LogP contribution >= 0.6 is 0 Å². The summed E-state index contributed by atoms with van der Waals surface area (Å²) in [5.41, 5.74) is 1.70. The van der Waals surface area contributed by atoms with E-state index in [1.807, 2.05) is 60.7 Å². The Balaban J connectivity index is 1.84. The molecular weight excluding hydrogens is 524 g/mol. The Kier molecular flexibility index (Phi) is 10.6. The predicted molar refractivity (Wildman–Crippen MR) is 147 cm³/mol. The molecule has 0 aliphatic carbocycles. The van der Waals surface area contributed by atoms with Crippen LogP contribution in [0.15, 0.2) is 78.9 Å². The number of carbonyl (C=O) groups is 2. The van der Waals surface area contributed by atoms with Gasteiger partial charge in [0.1, 0.15) is 6.04 Å². The van der Waals surface area contributed by atoms with Crippen molar-refractivity contribution >= 4 is 27.5 Å². The summed E-state index contributed by atoms with van der Waals surface area (Å²) in [5.74, 6) is -2.87. The minimum atomic E-state index is -3.84. The number of halogens is 2. The Morgan fingerprint density at radius 1 is 0.897 bits per heavy atom. The number of nitrogens with zero attached hydrogens (tertiary/aromatic N) is 2. The fourth-order valence-corrected chi connectivity index (χ4v) is 5.23. The molecule has 3 aromatic carbocycles. The fraction of sp³-hybridized carbons (Fsp3) is 0.310. The number of sulfonamides is 1. The van der Waals surface area contributed by atoms with E-state index in [-0.39, 0.29) is 43.4 Å². The summed E-state index contributed by atoms with van der Waals surface area (Å²) in [7, 11) is -3.84. The molecule has 0 radical (unpaired) electrons. The third kappa shape index (κ3) is 8.61. The van der Waals surface area contributed by atoms with Crippen LogP contribution in [0.4, 0.5) is 14.5 Å². The molecule has 208 valence electrons. The number of hydrogen-bond donors (Lipinski definition) is 1. The number of carbonyl (C=O) groups excluding carboxylic acids is 2. The lowest BCUT2D eigenvalue weighted by molar-refractivity contribution is -0.141. The largest absolute Gasteiger partial charge is 0.355 e. The summed E-state index contributed by atoms with van der Waals surface area (Å²) in [5, 5.41) is 2.83. The molecule has 0 saturated carbocycles. The number of amides is 2. The topological polar surface area (TPSA) is 86.8 Å². The second-order valence-electron chi connectivity index (χ2n) is 9.14. The highest BCUT2D eigenvalue weighted by molar-refractivity contribution is 7.92. The first-order valence-corrected chi connectivity index (χ1v) is 14.5. The summed E-state index contributed by atoms with van der Waals surface area (Å²) in [6.45, 7) is 2.26. The van der Waals surface area contributed by atoms with Crippen molar-refractivity contribution in [1.82, 2.24) is 10.2 Å². The van der Waals surface area contributed by atoms with Crippen molar-refractivity contribution in [2.45, 2.75) is 38.8 Å². The zero-order valence-electron chi connectivity index (χ0n) is 22.0. The van der Waals surface area contributed by atoms with Crippen LogP contribution in [0.3, 0.4) is 0 Å². The molecular formula is C29H33F2N3O4S. The van der Waals surface area contributed by atoms with Crippen LogP contribution in [-0.2, 0) is 32.6 Å². The first-order valence-electron chi connectivity index (χ1n) is 12.7. The van der Waals surface area contributed by atoms with Gasteiger partial charge < -0.3 is 10.2 Å². The van der Waals surface area contributed by atoms with Gasteiger partial charge in [-0.2, -0.15) is 0 Å². The Bertz CT molecular complexity index is 1360. The van der Waals surface area contributed by atoms with Gasteiger partial charge in [-0.1, -0.05) is 60.7 Å². The fourth-order valence-electron chi connectivity index (χ4n) is 4.27. The SMILES string of the molecule is CCNC(=O)[C@@H](Cc1ccccc1)N(Cc1ccccc1)C(=O)CCCN(c1ccc(F)c(F)c1)S(C)(=O)=O. The molecule has 0 aliphatic rings. The van der Waals surface area contributed by atoms with Gasteiger partial charge >= 0.3 is 0 Å². The molecule has 0 fully saturated rings. The van der Waals surface area contributed by atoms with Gasteiger partial charge in [-0.3, -0.25) is 13.9 Å². The van der Waals surface area contributed by atoms with E-state index in [1.165, 1.54) is 11.0 Å². The van der Waals surface area contributed by atoms with Crippen molar-refractivity contribution in [3.05, 3.63) is 102 Å². The minimum Gasteiger partial charge on any atom is -0.355 e. The Morgan fingerprint density at radius 3 is 2.08 bits per heavy atom. The lowest BCUT2D eigenvalue weighted by Gasteiger charge is -2.32. The van der Waals surface area contributed by atoms with Crippen molar-refractivity contribution in [1.29, 1.82) is 0 Å². The first kappa shape index (κ1) is 29.8. The quantitative estimate of drug-likeness (QED) is 0.340. The highest BCUT2D eigenvalue weighted by Crippen LogP contribution is 2.22. The van der Waals surface area contributed by atoms with Crippen molar-refractivity contribution < 1.29 is 26.8 Å². The average molecular weight is 558 g/mol. The van der Waals surface area contributed by atoms with E-state index in [0.29, 0.717) is 13.0 Å². The maximum atomic E-state index is 13.8. The maximum absolute atomic E-state index is 13.8. The maximum Gasteiger partial charge on any atom is 0.243 e. The van der Waals surface area contributed by atoms with E-state index in [9.17, 15) is 26.8 Å². The van der Waals surface area contributed by atoms with Crippen LogP contribution in [0.25, 0.3) is 0 Å². The highest BCUT2D eigenvalue weighted by atomic mass is 32.2. The van der Waals surface area contributed by atoms with Gasteiger partial charge in [-0.05, 0) is 36.6 Å². The monoisotopic (exact) mass is 557 g/mol. The van der Waals surface area contributed by atoms with E-state index >= 15 is 0 Å². The summed E-state index contributed by atoms with van der Waals surface area (Å²) in [4.78, 5) is 28.3. The summed E-state index contributed by atoms with van der Waals surface area (Å²) < 4.78 is 53.0. The molecule has 0 unspecified atom stereocenters. The molecule has 0 spiro atoms. The zero-order valence-corrected chi connectivity index (χ0v) is 22.8. The van der Waals surface area contributed by atoms with Gasteiger partial charge in [-0.25, -0.2) is 17.2 Å². The number of nitrogens with one attached hydrogen (secondary N) is 1. The Morgan fingerprint density at radius 2 is 1.51 bits per heavy atom. The lowest BCUT2D eigenvalue weighted by Crippen LogP contribution is -2.50. The second kappa shape index (κ2) is 13.8. The van der Waals surface area contributed by atoms with Crippen molar-refractivity contribution in [2.24, 2.45) is 0 Å². The average Bonchev–Trinajstić information content (AvgIpc) is 2.91. The van der Waals surface area contributed by atoms with Gasteiger partial charge in [0.15, 0.2) is 11.6 Å². The van der Waals surface area contributed by atoms with Crippen LogP contribution < -0.4 is 9.62 Å². The molecule has 0 saturated heterocycles. The number of rotatable bonds is 13. The molecule has 0 bridgehead atoms. The van der Waals surface area contributed by atoms with E-state index in [1.54, 1.807) is 6.92 Å². The predicted octanol–water partition coefficient (Wildman–Crippen LogP) is 4.29. The second-order valence-corrected chi connectivity index (χ2v) is 11.1. The molecule has 0 aliphatic heterocycles. The number of benzene rings is 3. The van der Waals surface area contributed by atoms with Gasteiger partial charge in [0.05, 0.1) is 11.9 Å². The molecule has 0 aromatic heterocycles. The Labute approximate surface area is 228 Å². The van der Waals surface area contributed by atoms with Gasteiger partial charge in [0.2, 0.25) is 21.8 Å². The van der Waals surface area contributed by atoms with E-state index < -0.39 is 27.7 Å². The summed E-state index contributed by atoms with van der Waals surface area (Å²) >= 11 is 0. The van der Waals surface area contributed by atoms with E-state index in [4.69, 9.17) is 0 Å². The van der Waals surface area contributed by atoms with Crippen molar-refractivity contribution in [2.75, 3.05) is 23.7 Å². The molecule has 39 heavy (non-hydrogen) atoms. The lowest BCUT2D eigenvalue weighted by atomic mass is 10.0. The molecule has 0 heterocycles. The standard InChI is InChI=1S/C29H33F2N3O4S/c1-3-32-29(36)27(19-22-11-6-4-7-12-22)33(21-23-13-8-5-9-14-23)28(35)15-10-18-34(39(2,37)38)24-16-17-25(30)26(31)20-24/h4-9,11-14,16-17,20,27H,3,10,15,18-19,21H2,1-2H3,(H,32,36)/t27-/m1/s1. The third-order valence-corrected chi connectivity index (χ3v) is 7.36. The normalized spacial score (nSPS) is 12.0. The molecule has 2 amide bonds. The van der Waals surface area contributed by atoms with Crippen LogP contribution in [0.2, 0.25) is 0 Å². The minimum absolute atomic E-state index is 0.0331. The molecule has 1 atom stereocenters. The smallest absolute Gasteiger partial charge is 0.243 e. The number of anilines is 1. The first-order chi connectivity index (χ1) is 18.6. The molecule has 10 heteroatoms. The zero-order chi connectivity index (χ0) is 28.4. The van der Waals surface area contributed by atoms with Crippen LogP contribution in [0, 0.1) is 11.6 Å². The van der Waals surface area contributed by atoms with Gasteiger partial charge in [0, 0.05) is 38.5 Å². The molecule has 3 rings (SSSR count). The van der Waals surface area contributed by atoms with Crippen molar-refractivity contribution in [3.63, 3.8) is 0 Å². The molecule has 7 nitrogen and oxygen atoms in total. The van der Waals surface area contributed by atoms with Crippen molar-refractivity contribution in [3.8, 4) is 0 Å². The number of hydrogen-bond acceptors (Lipinski definition) is 4. The molecule has 3 aromatic rings. The summed E-state index contributed by atoms with van der Waals surface area (Å²) in [6, 6.07) is 20.7. The highest BCUT2D eigenvalue weighted by Gasteiger charge is 2.30. The summed E-state index contributed by atoms with van der Waals surface area (Å²) in [6.07, 6.45) is 1.30. The van der Waals surface area contributed by atoms with Gasteiger partial charge in [0.25, 0.3) is 0 Å². The number of likely N-dealkylation sites (N-methyl/N-ethyl adjacent to an activating group) is 1. The molecule has 1 N–H and O–H groups in total. The van der Waals surface area contributed by atoms with E-state index in [2.05, 4.69) is 5.32 Å². The Hall–Kier alpha value is -3.79. The van der Waals surface area contributed by atoms with Gasteiger partial charge in [-0.15, -0.1) is 0 Å².